The highest BCUT2D eigenvalue weighted by Crippen LogP contribution is 2.28. The van der Waals surface area contributed by atoms with E-state index in [1.165, 1.54) is 12.8 Å². The molecule has 0 radical (unpaired) electrons. The third kappa shape index (κ3) is 4.77. The summed E-state index contributed by atoms with van der Waals surface area (Å²) in [5.41, 5.74) is 0. The Morgan fingerprint density at radius 2 is 2.29 bits per heavy atom. The summed E-state index contributed by atoms with van der Waals surface area (Å²) < 4.78 is 5.53. The van der Waals surface area contributed by atoms with Gasteiger partial charge in [-0.15, -0.1) is 0 Å². The number of rotatable bonds is 6. The molecule has 0 amide bonds. The standard InChI is InChI=1S/C10H20N2OS/c1-3-11-10(14)12(2)6-7-13-8-9-4-5-9/h9H,3-8H2,1-2H3,(H,11,14). The molecule has 1 aliphatic carbocycles. The largest absolute Gasteiger partial charge is 0.379 e. The van der Waals surface area contributed by atoms with Crippen LogP contribution in [0.25, 0.3) is 0 Å². The van der Waals surface area contributed by atoms with Gasteiger partial charge in [-0.25, -0.2) is 0 Å². The van der Waals surface area contributed by atoms with E-state index in [9.17, 15) is 0 Å². The lowest BCUT2D eigenvalue weighted by Gasteiger charge is -2.20. The number of hydrogen-bond acceptors (Lipinski definition) is 2. The Morgan fingerprint density at radius 3 is 2.86 bits per heavy atom. The molecule has 14 heavy (non-hydrogen) atoms. The lowest BCUT2D eigenvalue weighted by molar-refractivity contribution is 0.115. The molecule has 1 fully saturated rings. The van der Waals surface area contributed by atoms with Crippen molar-refractivity contribution in [3.8, 4) is 0 Å². The van der Waals surface area contributed by atoms with Gasteiger partial charge in [0.15, 0.2) is 5.11 Å². The Kier molecular flexibility index (Phi) is 5.19. The molecule has 0 atom stereocenters. The maximum absolute atomic E-state index is 5.53. The van der Waals surface area contributed by atoms with Crippen molar-refractivity contribution in [1.29, 1.82) is 0 Å². The summed E-state index contributed by atoms with van der Waals surface area (Å²) in [6.45, 7) is 5.51. The van der Waals surface area contributed by atoms with Crippen molar-refractivity contribution in [2.24, 2.45) is 5.92 Å². The van der Waals surface area contributed by atoms with Crippen molar-refractivity contribution in [2.45, 2.75) is 19.8 Å². The van der Waals surface area contributed by atoms with Gasteiger partial charge in [0, 0.05) is 26.7 Å². The first-order valence-corrected chi connectivity index (χ1v) is 5.71. The van der Waals surface area contributed by atoms with Crippen LogP contribution in [0.3, 0.4) is 0 Å². The van der Waals surface area contributed by atoms with Gasteiger partial charge < -0.3 is 15.0 Å². The van der Waals surface area contributed by atoms with E-state index in [1.807, 2.05) is 18.9 Å². The number of ether oxygens (including phenoxy) is 1. The van der Waals surface area contributed by atoms with Crippen LogP contribution in [0.2, 0.25) is 0 Å². The fraction of sp³-hybridized carbons (Fsp3) is 0.900. The maximum Gasteiger partial charge on any atom is 0.168 e. The number of nitrogens with one attached hydrogen (secondary N) is 1. The first-order valence-electron chi connectivity index (χ1n) is 5.30. The van der Waals surface area contributed by atoms with E-state index < -0.39 is 0 Å². The Morgan fingerprint density at radius 1 is 1.57 bits per heavy atom. The van der Waals surface area contributed by atoms with Crippen LogP contribution in [0.5, 0.6) is 0 Å². The SMILES string of the molecule is CCNC(=S)N(C)CCOCC1CC1. The molecule has 0 aromatic rings. The van der Waals surface area contributed by atoms with Gasteiger partial charge in [0.1, 0.15) is 0 Å². The topological polar surface area (TPSA) is 24.5 Å². The monoisotopic (exact) mass is 216 g/mol. The predicted molar refractivity (Wildman–Crippen MR) is 62.4 cm³/mol. The van der Waals surface area contributed by atoms with Crippen molar-refractivity contribution in [3.63, 3.8) is 0 Å². The summed E-state index contributed by atoms with van der Waals surface area (Å²) in [6, 6.07) is 0. The zero-order valence-corrected chi connectivity index (χ0v) is 9.90. The molecule has 1 aliphatic rings. The zero-order valence-electron chi connectivity index (χ0n) is 9.08. The van der Waals surface area contributed by atoms with Crippen LogP contribution in [0.15, 0.2) is 0 Å². The number of hydrogen-bond donors (Lipinski definition) is 1. The third-order valence-electron chi connectivity index (χ3n) is 2.30. The van der Waals surface area contributed by atoms with E-state index in [0.717, 1.165) is 37.3 Å². The minimum atomic E-state index is 0.776. The van der Waals surface area contributed by atoms with E-state index in [4.69, 9.17) is 17.0 Å². The van der Waals surface area contributed by atoms with Gasteiger partial charge in [-0.3, -0.25) is 0 Å². The highest BCUT2D eigenvalue weighted by molar-refractivity contribution is 7.80. The van der Waals surface area contributed by atoms with Crippen LogP contribution >= 0.6 is 12.2 Å². The van der Waals surface area contributed by atoms with E-state index in [1.54, 1.807) is 0 Å². The third-order valence-corrected chi connectivity index (χ3v) is 2.75. The lowest BCUT2D eigenvalue weighted by Crippen LogP contribution is -2.38. The molecule has 0 unspecified atom stereocenters. The molecule has 0 aromatic heterocycles. The second kappa shape index (κ2) is 6.19. The Hall–Kier alpha value is -0.350. The summed E-state index contributed by atoms with van der Waals surface area (Å²) in [7, 11) is 1.99. The summed E-state index contributed by atoms with van der Waals surface area (Å²) in [5, 5.41) is 3.92. The molecule has 0 bridgehead atoms. The second-order valence-electron chi connectivity index (χ2n) is 3.78. The summed E-state index contributed by atoms with van der Waals surface area (Å²) in [4.78, 5) is 2.02. The van der Waals surface area contributed by atoms with Crippen molar-refractivity contribution in [2.75, 3.05) is 33.4 Å². The number of likely N-dealkylation sites (N-methyl/N-ethyl adjacent to an activating group) is 1. The van der Waals surface area contributed by atoms with E-state index >= 15 is 0 Å². The minimum absolute atomic E-state index is 0.776. The molecular formula is C10H20N2OS. The van der Waals surface area contributed by atoms with Gasteiger partial charge in [0.25, 0.3) is 0 Å². The van der Waals surface area contributed by atoms with E-state index in [0.29, 0.717) is 0 Å². The maximum atomic E-state index is 5.53. The minimum Gasteiger partial charge on any atom is -0.379 e. The molecule has 4 heteroatoms. The molecule has 1 N–H and O–H groups in total. The fourth-order valence-corrected chi connectivity index (χ4v) is 1.36. The quantitative estimate of drug-likeness (QED) is 0.533. The summed E-state index contributed by atoms with van der Waals surface area (Å²) in [6.07, 6.45) is 2.71. The van der Waals surface area contributed by atoms with Crippen LogP contribution in [0.4, 0.5) is 0 Å². The molecule has 0 aromatic carbocycles. The molecule has 0 heterocycles. The van der Waals surface area contributed by atoms with Gasteiger partial charge in [-0.2, -0.15) is 0 Å². The van der Waals surface area contributed by atoms with Crippen molar-refractivity contribution < 1.29 is 4.74 Å². The fourth-order valence-electron chi connectivity index (χ4n) is 1.12. The molecule has 82 valence electrons. The molecule has 0 spiro atoms. The van der Waals surface area contributed by atoms with Crippen molar-refractivity contribution in [3.05, 3.63) is 0 Å². The van der Waals surface area contributed by atoms with E-state index in [-0.39, 0.29) is 0 Å². The van der Waals surface area contributed by atoms with Gasteiger partial charge in [0.05, 0.1) is 6.61 Å². The van der Waals surface area contributed by atoms with Crippen LogP contribution in [-0.2, 0) is 4.74 Å². The van der Waals surface area contributed by atoms with Crippen LogP contribution in [0, 0.1) is 5.92 Å². The van der Waals surface area contributed by atoms with Crippen molar-refractivity contribution in [1.82, 2.24) is 10.2 Å². The normalized spacial score (nSPS) is 15.3. The Balaban J connectivity index is 1.95. The smallest absolute Gasteiger partial charge is 0.168 e. The van der Waals surface area contributed by atoms with Gasteiger partial charge >= 0.3 is 0 Å². The first kappa shape index (κ1) is 11.7. The first-order chi connectivity index (χ1) is 6.74. The lowest BCUT2D eigenvalue weighted by atomic mass is 10.5. The Bertz CT molecular complexity index is 183. The molecule has 1 saturated carbocycles. The zero-order chi connectivity index (χ0) is 10.4. The average Bonchev–Trinajstić information content (AvgIpc) is 2.96. The van der Waals surface area contributed by atoms with Gasteiger partial charge in [-0.05, 0) is 37.9 Å². The number of nitrogens with zero attached hydrogens (tertiary/aromatic N) is 1. The highest BCUT2D eigenvalue weighted by Gasteiger charge is 2.20. The van der Waals surface area contributed by atoms with Crippen LogP contribution in [0.1, 0.15) is 19.8 Å². The molecular weight excluding hydrogens is 196 g/mol. The molecule has 1 rings (SSSR count). The van der Waals surface area contributed by atoms with Gasteiger partial charge in [0.2, 0.25) is 0 Å². The van der Waals surface area contributed by atoms with Crippen LogP contribution in [-0.4, -0.2) is 43.4 Å². The van der Waals surface area contributed by atoms with E-state index in [2.05, 4.69) is 5.32 Å². The average molecular weight is 216 g/mol. The second-order valence-corrected chi connectivity index (χ2v) is 4.16. The summed E-state index contributed by atoms with van der Waals surface area (Å²) >= 11 is 5.15. The Labute approximate surface area is 91.8 Å². The van der Waals surface area contributed by atoms with Gasteiger partial charge in [-0.1, -0.05) is 0 Å². The molecule has 3 nitrogen and oxygen atoms in total. The molecule has 0 saturated heterocycles. The predicted octanol–water partition coefficient (Wildman–Crippen LogP) is 1.24. The van der Waals surface area contributed by atoms with Crippen LogP contribution < -0.4 is 5.32 Å². The molecule has 0 aliphatic heterocycles. The van der Waals surface area contributed by atoms with Crippen molar-refractivity contribution >= 4 is 17.3 Å². The highest BCUT2D eigenvalue weighted by atomic mass is 32.1. The summed E-state index contributed by atoms with van der Waals surface area (Å²) in [5.74, 6) is 0.848. The number of thiocarbonyl (C=S) groups is 1.